The van der Waals surface area contributed by atoms with Crippen molar-refractivity contribution in [1.29, 1.82) is 0 Å². The molecule has 0 unspecified atom stereocenters. The Bertz CT molecular complexity index is 1110. The molecule has 0 bridgehead atoms. The Kier molecular flexibility index (Phi) is 5.77. The Hall–Kier alpha value is -2.86. The Labute approximate surface area is 178 Å². The van der Waals surface area contributed by atoms with Gasteiger partial charge in [0.15, 0.2) is 0 Å². The molecule has 1 amide bonds. The first-order chi connectivity index (χ1) is 14.4. The summed E-state index contributed by atoms with van der Waals surface area (Å²) in [4.78, 5) is 23.8. The quantitative estimate of drug-likeness (QED) is 0.620. The molecular formula is C23H22ClFN2O3. The molecule has 2 N–H and O–H groups in total. The number of amides is 1. The predicted octanol–water partition coefficient (Wildman–Crippen LogP) is 4.12. The van der Waals surface area contributed by atoms with Crippen LogP contribution >= 0.6 is 11.6 Å². The topological polar surface area (TPSA) is 71.3 Å². The van der Waals surface area contributed by atoms with E-state index in [1.807, 2.05) is 24.3 Å². The molecule has 4 rings (SSSR count). The van der Waals surface area contributed by atoms with Gasteiger partial charge in [-0.25, -0.2) is 4.39 Å². The minimum absolute atomic E-state index is 0.0288. The summed E-state index contributed by atoms with van der Waals surface area (Å²) in [5.74, 6) is -1.32. The molecule has 0 fully saturated rings. The van der Waals surface area contributed by atoms with Crippen LogP contribution in [0.3, 0.4) is 0 Å². The summed E-state index contributed by atoms with van der Waals surface area (Å²) in [6.45, 7) is -0.157. The van der Waals surface area contributed by atoms with Gasteiger partial charge in [0.1, 0.15) is 12.4 Å². The molecule has 7 heteroatoms. The van der Waals surface area contributed by atoms with Crippen LogP contribution in [0.15, 0.2) is 42.5 Å². The van der Waals surface area contributed by atoms with Crippen LogP contribution in [0, 0.1) is 5.82 Å². The number of carboxylic acids is 1. The smallest absolute Gasteiger partial charge is 0.323 e. The number of carbonyl (C=O) groups is 2. The molecule has 0 spiro atoms. The minimum atomic E-state index is -0.934. The number of aryl methyl sites for hydroxylation is 1. The molecule has 30 heavy (non-hydrogen) atoms. The Balaban J connectivity index is 1.48. The second kappa shape index (κ2) is 8.48. The van der Waals surface area contributed by atoms with Gasteiger partial charge in [-0.3, -0.25) is 9.59 Å². The third kappa shape index (κ3) is 4.33. The molecule has 1 aliphatic rings. The number of aliphatic carboxylic acids is 1. The van der Waals surface area contributed by atoms with Gasteiger partial charge in [0.05, 0.1) is 0 Å². The summed E-state index contributed by atoms with van der Waals surface area (Å²) in [7, 11) is 0. The number of halogens is 2. The van der Waals surface area contributed by atoms with Crippen LogP contribution in [0.1, 0.15) is 29.7 Å². The molecule has 0 radical (unpaired) electrons. The van der Waals surface area contributed by atoms with Crippen LogP contribution in [0.4, 0.5) is 4.39 Å². The number of hydrogen-bond acceptors (Lipinski definition) is 2. The Morgan fingerprint density at radius 1 is 1.20 bits per heavy atom. The first kappa shape index (κ1) is 20.4. The van der Waals surface area contributed by atoms with Gasteiger partial charge in [-0.1, -0.05) is 23.7 Å². The molecule has 3 aromatic rings. The zero-order chi connectivity index (χ0) is 21.3. The fraction of sp³-hybridized carbons (Fsp3) is 0.304. The average molecular weight is 429 g/mol. The first-order valence-corrected chi connectivity index (χ1v) is 10.3. The second-order valence-corrected chi connectivity index (χ2v) is 8.14. The maximum absolute atomic E-state index is 13.9. The van der Waals surface area contributed by atoms with Crippen LogP contribution in [0.25, 0.3) is 10.9 Å². The Morgan fingerprint density at radius 2 is 1.97 bits per heavy atom. The van der Waals surface area contributed by atoms with E-state index in [1.165, 1.54) is 12.1 Å². The number of rotatable bonds is 6. The Morgan fingerprint density at radius 3 is 2.70 bits per heavy atom. The molecule has 0 aliphatic heterocycles. The predicted molar refractivity (Wildman–Crippen MR) is 113 cm³/mol. The van der Waals surface area contributed by atoms with E-state index >= 15 is 0 Å². The lowest BCUT2D eigenvalue weighted by Gasteiger charge is -2.25. The third-order valence-corrected chi connectivity index (χ3v) is 5.89. The van der Waals surface area contributed by atoms with Crippen molar-refractivity contribution < 1.29 is 19.1 Å². The molecule has 156 valence electrons. The van der Waals surface area contributed by atoms with E-state index in [1.54, 1.807) is 10.6 Å². The molecule has 2 aromatic carbocycles. The van der Waals surface area contributed by atoms with Crippen molar-refractivity contribution in [3.63, 3.8) is 0 Å². The number of benzene rings is 2. The zero-order valence-electron chi connectivity index (χ0n) is 16.3. The van der Waals surface area contributed by atoms with Gasteiger partial charge >= 0.3 is 5.97 Å². The van der Waals surface area contributed by atoms with E-state index in [2.05, 4.69) is 5.32 Å². The van der Waals surface area contributed by atoms with Crippen molar-refractivity contribution in [2.45, 2.75) is 44.7 Å². The van der Waals surface area contributed by atoms with Gasteiger partial charge < -0.3 is 15.0 Å². The number of aromatic nitrogens is 1. The molecule has 0 saturated carbocycles. The zero-order valence-corrected chi connectivity index (χ0v) is 17.1. The van der Waals surface area contributed by atoms with E-state index in [0.717, 1.165) is 34.1 Å². The molecule has 1 aliphatic carbocycles. The largest absolute Gasteiger partial charge is 0.480 e. The van der Waals surface area contributed by atoms with Crippen molar-refractivity contribution in [2.24, 2.45) is 0 Å². The minimum Gasteiger partial charge on any atom is -0.480 e. The van der Waals surface area contributed by atoms with Crippen molar-refractivity contribution in [3.05, 3.63) is 70.1 Å². The van der Waals surface area contributed by atoms with Crippen LogP contribution in [-0.4, -0.2) is 27.6 Å². The summed E-state index contributed by atoms with van der Waals surface area (Å²) in [5.41, 5.74) is 3.62. The van der Waals surface area contributed by atoms with E-state index < -0.39 is 5.97 Å². The normalized spacial score (nSPS) is 15.7. The number of carboxylic acid groups (broad SMARTS) is 1. The van der Waals surface area contributed by atoms with E-state index in [9.17, 15) is 19.1 Å². The molecule has 0 saturated heterocycles. The summed E-state index contributed by atoms with van der Waals surface area (Å²) in [6.07, 6.45) is 2.93. The fourth-order valence-corrected chi connectivity index (χ4v) is 4.40. The lowest BCUT2D eigenvalue weighted by molar-refractivity contribution is -0.137. The molecule has 1 heterocycles. The van der Waals surface area contributed by atoms with E-state index in [4.69, 9.17) is 11.6 Å². The standard InChI is InChI=1S/C23H22ClFN2O3/c24-15-4-1-14(2-5-15)3-10-22(28)26-17-7-9-21-19(12-17)18-11-16(25)6-8-20(18)27(21)13-23(29)30/h1-2,4-6,8,11,17H,3,7,9-10,12-13H2,(H,26,28)(H,29,30)/t17-/m1/s1. The highest BCUT2D eigenvalue weighted by molar-refractivity contribution is 6.30. The van der Waals surface area contributed by atoms with Crippen LogP contribution < -0.4 is 5.32 Å². The van der Waals surface area contributed by atoms with Crippen molar-refractivity contribution in [3.8, 4) is 0 Å². The lowest BCUT2D eigenvalue weighted by Crippen LogP contribution is -2.39. The summed E-state index contributed by atoms with van der Waals surface area (Å²) < 4.78 is 15.6. The van der Waals surface area contributed by atoms with Crippen LogP contribution in [0.2, 0.25) is 5.02 Å². The van der Waals surface area contributed by atoms with Gasteiger partial charge in [-0.2, -0.15) is 0 Å². The van der Waals surface area contributed by atoms with Crippen molar-refractivity contribution in [1.82, 2.24) is 9.88 Å². The van der Waals surface area contributed by atoms with Gasteiger partial charge in [-0.15, -0.1) is 0 Å². The van der Waals surface area contributed by atoms with Crippen molar-refractivity contribution in [2.75, 3.05) is 0 Å². The first-order valence-electron chi connectivity index (χ1n) is 9.96. The number of fused-ring (bicyclic) bond motifs is 3. The van der Waals surface area contributed by atoms with Crippen molar-refractivity contribution >= 4 is 34.4 Å². The molecule has 1 atom stereocenters. The second-order valence-electron chi connectivity index (χ2n) is 7.70. The SMILES string of the molecule is O=C(O)Cn1c2c(c3cc(F)ccc31)C[C@H](NC(=O)CCc1ccc(Cl)cc1)CC2. The highest BCUT2D eigenvalue weighted by Crippen LogP contribution is 2.33. The molecule has 1 aromatic heterocycles. The number of nitrogens with one attached hydrogen (secondary N) is 1. The van der Waals surface area contributed by atoms with E-state index in [0.29, 0.717) is 30.7 Å². The van der Waals surface area contributed by atoms with E-state index in [-0.39, 0.29) is 24.3 Å². The van der Waals surface area contributed by atoms with Gasteiger partial charge in [0.25, 0.3) is 0 Å². The maximum atomic E-state index is 13.9. The number of hydrogen-bond donors (Lipinski definition) is 2. The highest BCUT2D eigenvalue weighted by atomic mass is 35.5. The summed E-state index contributed by atoms with van der Waals surface area (Å²) >= 11 is 5.89. The van der Waals surface area contributed by atoms with Crippen LogP contribution in [-0.2, 0) is 35.4 Å². The lowest BCUT2D eigenvalue weighted by atomic mass is 9.91. The van der Waals surface area contributed by atoms with Gasteiger partial charge in [-0.05, 0) is 67.1 Å². The fourth-order valence-electron chi connectivity index (χ4n) is 4.27. The number of carbonyl (C=O) groups excluding carboxylic acids is 1. The molecule has 5 nitrogen and oxygen atoms in total. The highest BCUT2D eigenvalue weighted by Gasteiger charge is 2.27. The number of nitrogens with zero attached hydrogens (tertiary/aromatic N) is 1. The van der Waals surface area contributed by atoms with Crippen LogP contribution in [0.5, 0.6) is 0 Å². The third-order valence-electron chi connectivity index (χ3n) is 5.64. The van der Waals surface area contributed by atoms with Gasteiger partial charge in [0.2, 0.25) is 5.91 Å². The monoisotopic (exact) mass is 428 g/mol. The summed E-state index contributed by atoms with van der Waals surface area (Å²) in [6, 6.07) is 11.8. The average Bonchev–Trinajstić information content (AvgIpc) is 2.99. The summed E-state index contributed by atoms with van der Waals surface area (Å²) in [5, 5.41) is 13.8. The van der Waals surface area contributed by atoms with Gasteiger partial charge in [0, 0.05) is 34.1 Å². The maximum Gasteiger partial charge on any atom is 0.323 e. The molecular weight excluding hydrogens is 407 g/mol.